The highest BCUT2D eigenvalue weighted by atomic mass is 16.6. The van der Waals surface area contributed by atoms with Gasteiger partial charge in [-0.05, 0) is 89.9 Å². The molecule has 6 nitrogen and oxygen atoms in total. The van der Waals surface area contributed by atoms with Crippen molar-refractivity contribution >= 4 is 17.9 Å². The lowest BCUT2D eigenvalue weighted by atomic mass is 10.1. The Bertz CT molecular complexity index is 1210. The minimum atomic E-state index is -0.810. The van der Waals surface area contributed by atoms with Crippen LogP contribution in [0.15, 0.2) is 72.9 Å². The summed E-state index contributed by atoms with van der Waals surface area (Å²) in [5.41, 5.74) is 0. The normalized spacial score (nSPS) is 12.6. The number of carbonyl (C=O) groups is 3. The van der Waals surface area contributed by atoms with Crippen molar-refractivity contribution in [3.05, 3.63) is 72.9 Å². The summed E-state index contributed by atoms with van der Waals surface area (Å²) in [6.45, 7) is 6.52. The Labute approximate surface area is 395 Å². The van der Waals surface area contributed by atoms with Crippen molar-refractivity contribution < 1.29 is 28.6 Å². The maximum absolute atomic E-state index is 12.8. The third-order valence-electron chi connectivity index (χ3n) is 11.5. The van der Waals surface area contributed by atoms with Gasteiger partial charge in [0.15, 0.2) is 6.10 Å². The minimum absolute atomic E-state index is 0.105. The fourth-order valence-corrected chi connectivity index (χ4v) is 7.36. The van der Waals surface area contributed by atoms with Gasteiger partial charge in [0.05, 0.1) is 0 Å². The van der Waals surface area contributed by atoms with Crippen molar-refractivity contribution in [1.29, 1.82) is 0 Å². The smallest absolute Gasteiger partial charge is 0.306 e. The van der Waals surface area contributed by atoms with Gasteiger partial charge in [0, 0.05) is 19.3 Å². The molecule has 64 heavy (non-hydrogen) atoms. The molecule has 0 aliphatic rings. The first-order valence-corrected chi connectivity index (χ1v) is 27.0. The summed E-state index contributed by atoms with van der Waals surface area (Å²) in [6.07, 6.45) is 66.1. The van der Waals surface area contributed by atoms with Crippen molar-refractivity contribution in [1.82, 2.24) is 0 Å². The fraction of sp³-hybridized carbons (Fsp3) is 0.741. The van der Waals surface area contributed by atoms with E-state index < -0.39 is 6.10 Å². The first-order chi connectivity index (χ1) is 31.5. The molecule has 368 valence electrons. The molecule has 0 heterocycles. The van der Waals surface area contributed by atoms with Crippen LogP contribution in [0.2, 0.25) is 0 Å². The van der Waals surface area contributed by atoms with E-state index in [1.165, 1.54) is 128 Å². The van der Waals surface area contributed by atoms with Gasteiger partial charge in [-0.15, -0.1) is 0 Å². The molecule has 0 aliphatic carbocycles. The summed E-state index contributed by atoms with van der Waals surface area (Å²) in [6, 6.07) is 0. The summed E-state index contributed by atoms with van der Waals surface area (Å²) in [5, 5.41) is 0. The highest BCUT2D eigenvalue weighted by Crippen LogP contribution is 2.13. The Morgan fingerprint density at radius 3 is 1.08 bits per heavy atom. The molecule has 0 aromatic rings. The number of hydrogen-bond acceptors (Lipinski definition) is 6. The van der Waals surface area contributed by atoms with Crippen molar-refractivity contribution in [2.24, 2.45) is 0 Å². The van der Waals surface area contributed by atoms with Crippen LogP contribution in [0.25, 0.3) is 0 Å². The van der Waals surface area contributed by atoms with Gasteiger partial charge < -0.3 is 14.2 Å². The van der Waals surface area contributed by atoms with Crippen LogP contribution >= 0.6 is 0 Å². The van der Waals surface area contributed by atoms with E-state index in [1.807, 2.05) is 6.08 Å². The molecular formula is C58H100O6. The van der Waals surface area contributed by atoms with Gasteiger partial charge >= 0.3 is 17.9 Å². The van der Waals surface area contributed by atoms with E-state index in [0.717, 1.165) is 83.5 Å². The molecule has 0 N–H and O–H groups in total. The maximum Gasteiger partial charge on any atom is 0.306 e. The van der Waals surface area contributed by atoms with Crippen molar-refractivity contribution in [3.63, 3.8) is 0 Å². The van der Waals surface area contributed by atoms with Crippen LogP contribution in [0.3, 0.4) is 0 Å². The van der Waals surface area contributed by atoms with Crippen molar-refractivity contribution in [3.8, 4) is 0 Å². The molecule has 6 heteroatoms. The zero-order valence-electron chi connectivity index (χ0n) is 42.0. The number of carbonyl (C=O) groups excluding carboxylic acids is 3. The van der Waals surface area contributed by atoms with E-state index in [1.54, 1.807) is 0 Å². The molecule has 1 unspecified atom stereocenters. The van der Waals surface area contributed by atoms with E-state index in [2.05, 4.69) is 87.6 Å². The summed E-state index contributed by atoms with van der Waals surface area (Å²) in [4.78, 5) is 38.0. The lowest BCUT2D eigenvalue weighted by Crippen LogP contribution is -2.30. The first-order valence-electron chi connectivity index (χ1n) is 27.0. The third kappa shape index (κ3) is 49.9. The van der Waals surface area contributed by atoms with Crippen LogP contribution in [0.1, 0.15) is 258 Å². The zero-order valence-corrected chi connectivity index (χ0v) is 42.0. The van der Waals surface area contributed by atoms with Gasteiger partial charge in [-0.2, -0.15) is 0 Å². The molecule has 0 radical (unpaired) electrons. The number of unbranched alkanes of at least 4 members (excludes halogenated alkanes) is 27. The maximum atomic E-state index is 12.8. The standard InChI is InChI=1S/C58H100O6/c1-4-7-10-13-16-19-22-25-27-28-29-31-33-36-39-42-45-48-51-57(60)63-54-55(53-62-56(59)50-47-44-41-38-35-32-24-21-18-15-12-9-6-3)64-58(61)52-49-46-43-40-37-34-30-26-23-20-17-14-11-8-5-2/h17,20,23,26-29,31-32,35,41,44,55H,4-16,18-19,21-22,24-25,30,33-34,36-40,42-43,45-54H2,1-3H3/b20-17+,26-23+,28-27+,31-29+,35-32+,44-41+. The third-order valence-corrected chi connectivity index (χ3v) is 11.5. The van der Waals surface area contributed by atoms with Gasteiger partial charge in [-0.3, -0.25) is 14.4 Å². The van der Waals surface area contributed by atoms with E-state index in [-0.39, 0.29) is 37.5 Å². The number of ether oxygens (including phenoxy) is 3. The zero-order chi connectivity index (χ0) is 46.5. The topological polar surface area (TPSA) is 78.9 Å². The molecule has 0 fully saturated rings. The van der Waals surface area contributed by atoms with Crippen LogP contribution < -0.4 is 0 Å². The van der Waals surface area contributed by atoms with Crippen LogP contribution in [0.4, 0.5) is 0 Å². The number of allylic oxidation sites excluding steroid dienone is 12. The molecule has 0 aromatic carbocycles. The van der Waals surface area contributed by atoms with Crippen molar-refractivity contribution in [2.75, 3.05) is 13.2 Å². The second-order valence-corrected chi connectivity index (χ2v) is 17.8. The van der Waals surface area contributed by atoms with E-state index >= 15 is 0 Å². The van der Waals surface area contributed by atoms with Crippen molar-refractivity contribution in [2.45, 2.75) is 264 Å². The molecule has 0 amide bonds. The molecule has 0 aromatic heterocycles. The van der Waals surface area contributed by atoms with Gasteiger partial charge in [0.2, 0.25) is 0 Å². The van der Waals surface area contributed by atoms with Crippen LogP contribution in [-0.2, 0) is 28.6 Å². The highest BCUT2D eigenvalue weighted by molar-refractivity contribution is 5.71. The predicted octanol–water partition coefficient (Wildman–Crippen LogP) is 17.8. The molecule has 0 aliphatic heterocycles. The lowest BCUT2D eigenvalue weighted by molar-refractivity contribution is -0.166. The predicted molar refractivity (Wildman–Crippen MR) is 274 cm³/mol. The number of rotatable bonds is 48. The average molecular weight is 893 g/mol. The van der Waals surface area contributed by atoms with Gasteiger partial charge in [-0.1, -0.05) is 222 Å². The Kier molecular flexibility index (Phi) is 49.9. The van der Waals surface area contributed by atoms with Crippen LogP contribution in [-0.4, -0.2) is 37.2 Å². The molecule has 0 bridgehead atoms. The summed E-state index contributed by atoms with van der Waals surface area (Å²) in [7, 11) is 0. The van der Waals surface area contributed by atoms with E-state index in [9.17, 15) is 14.4 Å². The lowest BCUT2D eigenvalue weighted by Gasteiger charge is -2.18. The summed E-state index contributed by atoms with van der Waals surface area (Å²) >= 11 is 0. The average Bonchev–Trinajstić information content (AvgIpc) is 3.29. The van der Waals surface area contributed by atoms with E-state index in [4.69, 9.17) is 14.2 Å². The number of hydrogen-bond donors (Lipinski definition) is 0. The first kappa shape index (κ1) is 60.9. The Balaban J connectivity index is 4.47. The minimum Gasteiger partial charge on any atom is -0.462 e. The second-order valence-electron chi connectivity index (χ2n) is 17.8. The van der Waals surface area contributed by atoms with Gasteiger partial charge in [0.1, 0.15) is 13.2 Å². The SMILES string of the molecule is CCCCC/C=C/C=C/CCCCCCCCC(=O)OC(COC(=O)CC/C=C/C/C=C/CCCCCCCC)COC(=O)CCCCCCC/C=C/C=C/CCCCCCCCC. The molecular weight excluding hydrogens is 793 g/mol. The van der Waals surface area contributed by atoms with Crippen LogP contribution in [0.5, 0.6) is 0 Å². The Morgan fingerprint density at radius 1 is 0.328 bits per heavy atom. The van der Waals surface area contributed by atoms with Gasteiger partial charge in [-0.25, -0.2) is 0 Å². The van der Waals surface area contributed by atoms with Gasteiger partial charge in [0.25, 0.3) is 0 Å². The number of esters is 3. The molecule has 0 saturated carbocycles. The Morgan fingerprint density at radius 2 is 0.641 bits per heavy atom. The summed E-state index contributed by atoms with van der Waals surface area (Å²) in [5.74, 6) is -0.998. The molecule has 0 spiro atoms. The fourth-order valence-electron chi connectivity index (χ4n) is 7.36. The molecule has 1 atom stereocenters. The second kappa shape index (κ2) is 52.5. The quantitative estimate of drug-likeness (QED) is 0.0199. The van der Waals surface area contributed by atoms with Crippen LogP contribution in [0, 0.1) is 0 Å². The summed E-state index contributed by atoms with van der Waals surface area (Å²) < 4.78 is 16.7. The Hall–Kier alpha value is -3.15. The largest absolute Gasteiger partial charge is 0.462 e. The van der Waals surface area contributed by atoms with E-state index in [0.29, 0.717) is 19.3 Å². The molecule has 0 saturated heterocycles. The highest BCUT2D eigenvalue weighted by Gasteiger charge is 2.19. The monoisotopic (exact) mass is 893 g/mol. The molecule has 0 rings (SSSR count).